The van der Waals surface area contributed by atoms with E-state index in [1.54, 1.807) is 24.0 Å². The number of urea groups is 1. The van der Waals surface area contributed by atoms with E-state index in [9.17, 15) is 9.18 Å². The Morgan fingerprint density at radius 1 is 1.03 bits per heavy atom. The van der Waals surface area contributed by atoms with Crippen molar-refractivity contribution in [1.82, 2.24) is 9.47 Å². The molecule has 0 bridgehead atoms. The summed E-state index contributed by atoms with van der Waals surface area (Å²) in [6.45, 7) is 2.07. The van der Waals surface area contributed by atoms with Gasteiger partial charge in [0.1, 0.15) is 5.82 Å². The monoisotopic (exact) mass is 445 g/mol. The molecule has 0 radical (unpaired) electrons. The van der Waals surface area contributed by atoms with Crippen LogP contribution >= 0.6 is 11.6 Å². The van der Waals surface area contributed by atoms with Gasteiger partial charge < -0.3 is 14.8 Å². The van der Waals surface area contributed by atoms with Gasteiger partial charge in [0, 0.05) is 22.6 Å². The Morgan fingerprint density at radius 2 is 1.88 bits per heavy atom. The molecule has 4 nitrogen and oxygen atoms in total. The number of hydrogen-bond acceptors (Lipinski definition) is 1. The first-order valence-corrected chi connectivity index (χ1v) is 10.7. The molecule has 0 saturated carbocycles. The average molecular weight is 446 g/mol. The van der Waals surface area contributed by atoms with Gasteiger partial charge in [-0.2, -0.15) is 0 Å². The first kappa shape index (κ1) is 20.3. The van der Waals surface area contributed by atoms with Crippen molar-refractivity contribution in [2.45, 2.75) is 19.5 Å². The Labute approximate surface area is 190 Å². The molecule has 0 spiro atoms. The Balaban J connectivity index is 1.63. The molecule has 160 valence electrons. The van der Waals surface area contributed by atoms with Crippen molar-refractivity contribution in [3.8, 4) is 5.69 Å². The summed E-state index contributed by atoms with van der Waals surface area (Å²) < 4.78 is 16.2. The molecular formula is C26H21ClFN3O. The molecule has 4 aromatic rings. The van der Waals surface area contributed by atoms with E-state index in [1.807, 2.05) is 66.9 Å². The Bertz CT molecular complexity index is 1320. The fraction of sp³-hybridized carbons (Fsp3) is 0.115. The number of aromatic nitrogens is 1. The lowest BCUT2D eigenvalue weighted by Gasteiger charge is -2.31. The number of halogens is 2. The fourth-order valence-corrected chi connectivity index (χ4v) is 4.43. The Hall–Kier alpha value is -3.57. The van der Waals surface area contributed by atoms with E-state index in [1.165, 1.54) is 6.07 Å². The van der Waals surface area contributed by atoms with Gasteiger partial charge in [0.25, 0.3) is 0 Å². The van der Waals surface area contributed by atoms with E-state index >= 15 is 0 Å². The van der Waals surface area contributed by atoms with Crippen molar-refractivity contribution in [3.63, 3.8) is 0 Å². The van der Waals surface area contributed by atoms with Gasteiger partial charge in [0.05, 0.1) is 18.3 Å². The zero-order valence-electron chi connectivity index (χ0n) is 17.4. The van der Waals surface area contributed by atoms with Crippen LogP contribution in [-0.2, 0) is 6.54 Å². The van der Waals surface area contributed by atoms with Crippen molar-refractivity contribution in [1.29, 1.82) is 0 Å². The third kappa shape index (κ3) is 3.65. The quantitative estimate of drug-likeness (QED) is 0.365. The minimum atomic E-state index is -0.383. The van der Waals surface area contributed by atoms with Gasteiger partial charge in [0.15, 0.2) is 0 Å². The number of benzene rings is 3. The zero-order valence-corrected chi connectivity index (χ0v) is 18.2. The summed E-state index contributed by atoms with van der Waals surface area (Å²) >= 11 is 6.32. The minimum Gasteiger partial charge on any atom is -0.318 e. The first-order chi connectivity index (χ1) is 15.5. The lowest BCUT2D eigenvalue weighted by Crippen LogP contribution is -2.38. The predicted octanol–water partition coefficient (Wildman–Crippen LogP) is 6.72. The number of carbonyl (C=O) groups excluding carboxylic acids is 1. The number of carbonyl (C=O) groups is 1. The van der Waals surface area contributed by atoms with Gasteiger partial charge >= 0.3 is 6.03 Å². The zero-order chi connectivity index (χ0) is 22.2. The highest BCUT2D eigenvalue weighted by Crippen LogP contribution is 2.37. The lowest BCUT2D eigenvalue weighted by molar-refractivity contribution is 0.194. The third-order valence-corrected chi connectivity index (χ3v) is 6.05. The summed E-state index contributed by atoms with van der Waals surface area (Å²) in [7, 11) is 0. The normalized spacial score (nSPS) is 15.0. The molecular weight excluding hydrogens is 425 g/mol. The fourth-order valence-electron chi connectivity index (χ4n) is 4.23. The SMILES string of the molecule is Cc1ccc(NC(=O)N2Cc3ccccc3-n3cccc3[C@@H]2c2cccc(Cl)c2)cc1F. The van der Waals surface area contributed by atoms with Crippen LogP contribution < -0.4 is 5.32 Å². The van der Waals surface area contributed by atoms with Crippen LogP contribution in [0.3, 0.4) is 0 Å². The largest absolute Gasteiger partial charge is 0.322 e. The molecule has 3 aromatic carbocycles. The summed E-state index contributed by atoms with van der Waals surface area (Å²) in [5.74, 6) is -0.357. The van der Waals surface area contributed by atoms with Gasteiger partial charge in [-0.1, -0.05) is 48.0 Å². The van der Waals surface area contributed by atoms with Crippen molar-refractivity contribution in [2.75, 3.05) is 5.32 Å². The minimum absolute atomic E-state index is 0.317. The summed E-state index contributed by atoms with van der Waals surface area (Å²) in [6.07, 6.45) is 2.00. The highest BCUT2D eigenvalue weighted by Gasteiger charge is 2.33. The smallest absolute Gasteiger partial charge is 0.318 e. The lowest BCUT2D eigenvalue weighted by atomic mass is 10.0. The molecule has 0 aliphatic carbocycles. The van der Waals surface area contributed by atoms with Crippen LogP contribution in [0.5, 0.6) is 0 Å². The van der Waals surface area contributed by atoms with Crippen LogP contribution in [0.1, 0.15) is 28.4 Å². The molecule has 1 aromatic heterocycles. The molecule has 1 aliphatic heterocycles. The molecule has 0 fully saturated rings. The summed E-state index contributed by atoms with van der Waals surface area (Å²) in [5, 5.41) is 3.48. The molecule has 6 heteroatoms. The van der Waals surface area contributed by atoms with E-state index in [0.717, 1.165) is 22.5 Å². The van der Waals surface area contributed by atoms with Crippen LogP contribution in [0.2, 0.25) is 5.02 Å². The standard InChI is InChI=1S/C26H21ClFN3O/c1-17-11-12-21(15-22(17)28)29-26(32)31-16-19-6-2-3-9-23(19)30-13-5-10-24(30)25(31)18-7-4-8-20(27)14-18/h2-15,25H,16H2,1H3,(H,29,32)/t25-/m0/s1. The number of nitrogens with one attached hydrogen (secondary N) is 1. The average Bonchev–Trinajstić information content (AvgIpc) is 3.20. The molecule has 5 rings (SSSR count). The van der Waals surface area contributed by atoms with Crippen molar-refractivity contribution in [2.24, 2.45) is 0 Å². The van der Waals surface area contributed by atoms with Crippen molar-refractivity contribution >= 4 is 23.3 Å². The molecule has 1 N–H and O–H groups in total. The van der Waals surface area contributed by atoms with Crippen LogP contribution in [0, 0.1) is 12.7 Å². The van der Waals surface area contributed by atoms with Crippen molar-refractivity contribution < 1.29 is 9.18 Å². The second-order valence-electron chi connectivity index (χ2n) is 7.91. The van der Waals surface area contributed by atoms with Gasteiger partial charge in [-0.3, -0.25) is 0 Å². The molecule has 0 unspecified atom stereocenters. The second-order valence-corrected chi connectivity index (χ2v) is 8.35. The van der Waals surface area contributed by atoms with Crippen LogP contribution in [0.25, 0.3) is 5.69 Å². The first-order valence-electron chi connectivity index (χ1n) is 10.4. The van der Waals surface area contributed by atoms with Gasteiger partial charge in [-0.15, -0.1) is 0 Å². The Morgan fingerprint density at radius 3 is 2.69 bits per heavy atom. The highest BCUT2D eigenvalue weighted by molar-refractivity contribution is 6.30. The maximum atomic E-state index is 14.1. The molecule has 1 atom stereocenters. The number of nitrogens with zero attached hydrogens (tertiary/aromatic N) is 2. The van der Waals surface area contributed by atoms with E-state index in [-0.39, 0.29) is 17.9 Å². The number of amides is 2. The second kappa shape index (κ2) is 8.17. The number of anilines is 1. The summed E-state index contributed by atoms with van der Waals surface area (Å²) in [6, 6.07) is 23.6. The summed E-state index contributed by atoms with van der Waals surface area (Å²) in [4.78, 5) is 15.3. The molecule has 2 amide bonds. The number of para-hydroxylation sites is 1. The number of rotatable bonds is 2. The van der Waals surface area contributed by atoms with Gasteiger partial charge in [-0.25, -0.2) is 9.18 Å². The van der Waals surface area contributed by atoms with Gasteiger partial charge in [0.2, 0.25) is 0 Å². The molecule has 32 heavy (non-hydrogen) atoms. The number of hydrogen-bond donors (Lipinski definition) is 1. The van der Waals surface area contributed by atoms with E-state index in [4.69, 9.17) is 11.6 Å². The van der Waals surface area contributed by atoms with Crippen LogP contribution in [0.15, 0.2) is 85.1 Å². The van der Waals surface area contributed by atoms with Gasteiger partial charge in [-0.05, 0) is 66.1 Å². The maximum absolute atomic E-state index is 14.1. The number of fused-ring (bicyclic) bond motifs is 3. The van der Waals surface area contributed by atoms with Crippen LogP contribution in [-0.4, -0.2) is 15.5 Å². The highest BCUT2D eigenvalue weighted by atomic mass is 35.5. The van der Waals surface area contributed by atoms with Crippen molar-refractivity contribution in [3.05, 3.63) is 118 Å². The summed E-state index contributed by atoms with van der Waals surface area (Å²) in [5.41, 5.74) is 4.83. The van der Waals surface area contributed by atoms with E-state index < -0.39 is 0 Å². The van der Waals surface area contributed by atoms with E-state index in [0.29, 0.717) is 22.8 Å². The topological polar surface area (TPSA) is 37.3 Å². The molecule has 0 saturated heterocycles. The molecule has 2 heterocycles. The maximum Gasteiger partial charge on any atom is 0.322 e. The predicted molar refractivity (Wildman–Crippen MR) is 125 cm³/mol. The molecule has 1 aliphatic rings. The van der Waals surface area contributed by atoms with E-state index in [2.05, 4.69) is 9.88 Å². The third-order valence-electron chi connectivity index (χ3n) is 5.81. The Kier molecular flexibility index (Phi) is 5.19. The number of aryl methyl sites for hydroxylation is 1. The van der Waals surface area contributed by atoms with Crippen LogP contribution in [0.4, 0.5) is 14.9 Å².